The number of hydrogen-bond donors (Lipinski definition) is 1. The van der Waals surface area contributed by atoms with Crippen LogP contribution >= 0.6 is 0 Å². The lowest BCUT2D eigenvalue weighted by molar-refractivity contribution is -0.137. The second-order valence-electron chi connectivity index (χ2n) is 6.24. The van der Waals surface area contributed by atoms with Gasteiger partial charge in [-0.2, -0.15) is 13.2 Å². The van der Waals surface area contributed by atoms with Crippen molar-refractivity contribution < 1.29 is 17.9 Å². The summed E-state index contributed by atoms with van der Waals surface area (Å²) in [5, 5.41) is 3.01. The molecule has 2 unspecified atom stereocenters. The van der Waals surface area contributed by atoms with Crippen molar-refractivity contribution in [1.29, 1.82) is 0 Å². The van der Waals surface area contributed by atoms with Crippen LogP contribution in [0.5, 0.6) is 5.75 Å². The number of rotatable bonds is 7. The number of para-hydroxylation sites is 1. The summed E-state index contributed by atoms with van der Waals surface area (Å²) in [6.45, 7) is 6.58. The highest BCUT2D eigenvalue weighted by Crippen LogP contribution is 2.31. The van der Waals surface area contributed by atoms with Crippen LogP contribution in [0, 0.1) is 0 Å². The van der Waals surface area contributed by atoms with Gasteiger partial charge in [-0.15, -0.1) is 0 Å². The molecule has 2 atom stereocenters. The van der Waals surface area contributed by atoms with E-state index in [0.29, 0.717) is 18.2 Å². The molecule has 2 aromatic carbocycles. The Labute approximate surface area is 147 Å². The highest BCUT2D eigenvalue weighted by atomic mass is 19.4. The fraction of sp³-hybridized carbons (Fsp3) is 0.400. The molecule has 136 valence electrons. The molecule has 0 saturated carbocycles. The van der Waals surface area contributed by atoms with E-state index in [1.165, 1.54) is 6.07 Å². The zero-order valence-corrected chi connectivity index (χ0v) is 14.7. The minimum atomic E-state index is -4.34. The molecule has 1 N–H and O–H groups in total. The van der Waals surface area contributed by atoms with Gasteiger partial charge in [-0.1, -0.05) is 38.1 Å². The predicted molar refractivity (Wildman–Crippen MR) is 95.2 cm³/mol. The van der Waals surface area contributed by atoms with Gasteiger partial charge in [0.05, 0.1) is 12.1 Å². The predicted octanol–water partition coefficient (Wildman–Crippen LogP) is 6.10. The topological polar surface area (TPSA) is 21.3 Å². The van der Waals surface area contributed by atoms with E-state index >= 15 is 0 Å². The maximum atomic E-state index is 12.8. The standard InChI is InChI=1S/C20H24F3NO/c1-4-14(2)18-10-5-6-11-19(18)25-15(3)13-24-17-9-7-8-16(12-17)20(21,22)23/h5-12,14-15,24H,4,13H2,1-3H3. The second-order valence-corrected chi connectivity index (χ2v) is 6.24. The fourth-order valence-electron chi connectivity index (χ4n) is 2.54. The summed E-state index contributed by atoms with van der Waals surface area (Å²) in [4.78, 5) is 0. The van der Waals surface area contributed by atoms with Crippen molar-refractivity contribution in [3.8, 4) is 5.75 Å². The third kappa shape index (κ3) is 5.41. The van der Waals surface area contributed by atoms with Gasteiger partial charge in [-0.25, -0.2) is 0 Å². The average molecular weight is 351 g/mol. The van der Waals surface area contributed by atoms with E-state index in [9.17, 15) is 13.2 Å². The van der Waals surface area contributed by atoms with Crippen molar-refractivity contribution in [3.05, 3.63) is 59.7 Å². The number of halogens is 3. The van der Waals surface area contributed by atoms with Gasteiger partial charge < -0.3 is 10.1 Å². The van der Waals surface area contributed by atoms with Gasteiger partial charge in [-0.3, -0.25) is 0 Å². The molecule has 2 nitrogen and oxygen atoms in total. The monoisotopic (exact) mass is 351 g/mol. The van der Waals surface area contributed by atoms with Gasteiger partial charge in [-0.05, 0) is 49.1 Å². The zero-order valence-electron chi connectivity index (χ0n) is 14.7. The second kappa shape index (κ2) is 8.28. The number of ether oxygens (including phenoxy) is 1. The summed E-state index contributed by atoms with van der Waals surface area (Å²) in [5.41, 5.74) is 0.921. The Morgan fingerprint density at radius 3 is 2.44 bits per heavy atom. The minimum absolute atomic E-state index is 0.181. The molecule has 0 aliphatic heterocycles. The zero-order chi connectivity index (χ0) is 18.4. The Morgan fingerprint density at radius 1 is 1.04 bits per heavy atom. The number of anilines is 1. The van der Waals surface area contributed by atoms with Crippen LogP contribution in [0.25, 0.3) is 0 Å². The number of benzene rings is 2. The van der Waals surface area contributed by atoms with E-state index in [0.717, 1.165) is 29.9 Å². The maximum absolute atomic E-state index is 12.8. The molecular weight excluding hydrogens is 327 g/mol. The van der Waals surface area contributed by atoms with E-state index in [1.807, 2.05) is 25.1 Å². The molecule has 0 radical (unpaired) electrons. The highest BCUT2D eigenvalue weighted by molar-refractivity contribution is 5.46. The smallest absolute Gasteiger partial charge is 0.416 e. The molecule has 0 spiro atoms. The van der Waals surface area contributed by atoms with Crippen LogP contribution in [0.4, 0.5) is 18.9 Å². The van der Waals surface area contributed by atoms with Crippen LogP contribution in [0.1, 0.15) is 44.2 Å². The largest absolute Gasteiger partial charge is 0.489 e. The van der Waals surface area contributed by atoms with Crippen LogP contribution in [0.2, 0.25) is 0 Å². The first kappa shape index (κ1) is 19.2. The molecule has 0 aromatic heterocycles. The third-order valence-corrected chi connectivity index (χ3v) is 4.17. The normalized spacial score (nSPS) is 14.0. The summed E-state index contributed by atoms with van der Waals surface area (Å²) in [5.74, 6) is 1.22. The SMILES string of the molecule is CCC(C)c1ccccc1OC(C)CNc1cccc(C(F)(F)F)c1. The molecule has 2 rings (SSSR count). The lowest BCUT2D eigenvalue weighted by atomic mass is 9.98. The van der Waals surface area contributed by atoms with Crippen molar-refractivity contribution in [2.45, 2.75) is 45.4 Å². The maximum Gasteiger partial charge on any atom is 0.416 e. The first-order valence-corrected chi connectivity index (χ1v) is 8.48. The van der Waals surface area contributed by atoms with Crippen molar-refractivity contribution in [2.75, 3.05) is 11.9 Å². The van der Waals surface area contributed by atoms with Crippen molar-refractivity contribution >= 4 is 5.69 Å². The van der Waals surface area contributed by atoms with E-state index in [4.69, 9.17) is 4.74 Å². The molecule has 0 bridgehead atoms. The Kier molecular flexibility index (Phi) is 6.34. The summed E-state index contributed by atoms with van der Waals surface area (Å²) in [7, 11) is 0. The molecular formula is C20H24F3NO. The van der Waals surface area contributed by atoms with Crippen LogP contribution in [0.3, 0.4) is 0 Å². The van der Waals surface area contributed by atoms with Crippen LogP contribution in [-0.4, -0.2) is 12.6 Å². The van der Waals surface area contributed by atoms with E-state index in [2.05, 4.69) is 25.2 Å². The van der Waals surface area contributed by atoms with Gasteiger partial charge in [0.1, 0.15) is 11.9 Å². The Bertz CT molecular complexity index is 685. The molecule has 25 heavy (non-hydrogen) atoms. The fourth-order valence-corrected chi connectivity index (χ4v) is 2.54. The highest BCUT2D eigenvalue weighted by Gasteiger charge is 2.30. The van der Waals surface area contributed by atoms with Gasteiger partial charge in [0, 0.05) is 5.69 Å². The summed E-state index contributed by atoms with van der Waals surface area (Å²) >= 11 is 0. The molecule has 5 heteroatoms. The summed E-state index contributed by atoms with van der Waals surface area (Å²) in [6.07, 6.45) is -3.51. The number of nitrogens with one attached hydrogen (secondary N) is 1. The molecule has 0 aliphatic carbocycles. The first-order valence-electron chi connectivity index (χ1n) is 8.48. The molecule has 0 fully saturated rings. The number of alkyl halides is 3. The molecule has 2 aromatic rings. The van der Waals surface area contributed by atoms with Crippen molar-refractivity contribution in [2.24, 2.45) is 0 Å². The van der Waals surface area contributed by atoms with Crippen LogP contribution < -0.4 is 10.1 Å². The van der Waals surface area contributed by atoms with E-state index in [1.54, 1.807) is 6.07 Å². The van der Waals surface area contributed by atoms with Gasteiger partial charge in [0.25, 0.3) is 0 Å². The average Bonchev–Trinajstić information content (AvgIpc) is 2.59. The lowest BCUT2D eigenvalue weighted by Crippen LogP contribution is -2.23. The van der Waals surface area contributed by atoms with Crippen LogP contribution in [-0.2, 0) is 6.18 Å². The molecule has 0 saturated heterocycles. The Hall–Kier alpha value is -2.17. The van der Waals surface area contributed by atoms with Gasteiger partial charge in [0.15, 0.2) is 0 Å². The number of hydrogen-bond acceptors (Lipinski definition) is 2. The lowest BCUT2D eigenvalue weighted by Gasteiger charge is -2.21. The molecule has 0 heterocycles. The Morgan fingerprint density at radius 2 is 1.76 bits per heavy atom. The quantitative estimate of drug-likeness (QED) is 0.651. The van der Waals surface area contributed by atoms with Crippen molar-refractivity contribution in [1.82, 2.24) is 0 Å². The van der Waals surface area contributed by atoms with Gasteiger partial charge in [0.2, 0.25) is 0 Å². The Balaban J connectivity index is 1.99. The third-order valence-electron chi connectivity index (χ3n) is 4.17. The first-order chi connectivity index (χ1) is 11.8. The summed E-state index contributed by atoms with van der Waals surface area (Å²) < 4.78 is 44.3. The van der Waals surface area contributed by atoms with Crippen LogP contribution in [0.15, 0.2) is 48.5 Å². The van der Waals surface area contributed by atoms with Gasteiger partial charge >= 0.3 is 6.18 Å². The molecule has 0 aliphatic rings. The minimum Gasteiger partial charge on any atom is -0.489 e. The molecule has 0 amide bonds. The summed E-state index contributed by atoms with van der Waals surface area (Å²) in [6, 6.07) is 13.1. The van der Waals surface area contributed by atoms with E-state index < -0.39 is 11.7 Å². The van der Waals surface area contributed by atoms with E-state index in [-0.39, 0.29) is 6.10 Å². The van der Waals surface area contributed by atoms with Crippen molar-refractivity contribution in [3.63, 3.8) is 0 Å².